The van der Waals surface area contributed by atoms with Crippen molar-refractivity contribution < 1.29 is 22.1 Å². The van der Waals surface area contributed by atoms with Crippen molar-refractivity contribution in [3.63, 3.8) is 0 Å². The van der Waals surface area contributed by atoms with Crippen molar-refractivity contribution in [3.8, 4) is 0 Å². The Labute approximate surface area is 141 Å². The molecule has 0 aliphatic carbocycles. The predicted octanol–water partition coefficient (Wildman–Crippen LogP) is 2.59. The predicted molar refractivity (Wildman–Crippen MR) is 88.1 cm³/mol. The zero-order valence-electron chi connectivity index (χ0n) is 13.4. The van der Waals surface area contributed by atoms with E-state index in [1.807, 2.05) is 61.5 Å². The summed E-state index contributed by atoms with van der Waals surface area (Å²) in [5.74, 6) is 0. The van der Waals surface area contributed by atoms with Gasteiger partial charge in [0.25, 0.3) is 0 Å². The Morgan fingerprint density at radius 2 is 1.67 bits per heavy atom. The molecular weight excluding hydrogens is 330 g/mol. The number of aryl methyl sites for hydroxylation is 1. The first-order valence-corrected chi connectivity index (χ1v) is 8.90. The third-order valence-corrected chi connectivity index (χ3v) is 4.82. The summed E-state index contributed by atoms with van der Waals surface area (Å²) in [6.45, 7) is 1.94. The van der Waals surface area contributed by atoms with Gasteiger partial charge in [0.1, 0.15) is 6.10 Å². The Balaban J connectivity index is 1.92. The van der Waals surface area contributed by atoms with Crippen LogP contribution in [-0.4, -0.2) is 21.8 Å². The van der Waals surface area contributed by atoms with Crippen LogP contribution in [0.5, 0.6) is 0 Å². The van der Waals surface area contributed by atoms with Crippen molar-refractivity contribution in [2.24, 2.45) is 0 Å². The summed E-state index contributed by atoms with van der Waals surface area (Å²) in [5.41, 5.74) is 2.66. The third kappa shape index (κ3) is 3.66. The first-order valence-electron chi connectivity index (χ1n) is 7.49. The van der Waals surface area contributed by atoms with Gasteiger partial charge in [-0.25, -0.2) is 0 Å². The molecule has 0 saturated carbocycles. The molecule has 1 aliphatic rings. The van der Waals surface area contributed by atoms with E-state index in [-0.39, 0.29) is 0 Å². The molecule has 1 saturated heterocycles. The molecule has 0 radical (unpaired) electrons. The van der Waals surface area contributed by atoms with Crippen molar-refractivity contribution in [2.45, 2.75) is 25.5 Å². The van der Waals surface area contributed by atoms with Crippen LogP contribution < -0.4 is 4.72 Å². The summed E-state index contributed by atoms with van der Waals surface area (Å²) in [7, 11) is -2.82. The first kappa shape index (κ1) is 17.1. The van der Waals surface area contributed by atoms with Crippen LogP contribution in [0, 0.1) is 6.92 Å². The standard InChI is InChI=1S/C17H19NO5S/c1-12-8-6-7-11-14(12)15-16(18-24(19,20)21-2)23-17(22-15)13-9-4-3-5-10-13/h3-11,15-18H,1-2H3/t15-,16-,17?/m0/s1. The lowest BCUT2D eigenvalue weighted by molar-refractivity contribution is -0.0705. The SMILES string of the molecule is COS(=O)(=O)N[C@H]1OC(c2ccccc2)O[C@H]1c1ccccc1C. The number of nitrogens with one attached hydrogen (secondary N) is 1. The average Bonchev–Trinajstić information content (AvgIpc) is 2.99. The van der Waals surface area contributed by atoms with E-state index in [1.54, 1.807) is 0 Å². The fraction of sp³-hybridized carbons (Fsp3) is 0.294. The largest absolute Gasteiger partial charge is 0.337 e. The van der Waals surface area contributed by atoms with Gasteiger partial charge in [-0.3, -0.25) is 4.18 Å². The maximum atomic E-state index is 11.8. The quantitative estimate of drug-likeness (QED) is 0.898. The highest BCUT2D eigenvalue weighted by molar-refractivity contribution is 7.84. The van der Waals surface area contributed by atoms with Crippen molar-refractivity contribution >= 4 is 10.3 Å². The molecule has 3 rings (SSSR count). The summed E-state index contributed by atoms with van der Waals surface area (Å²) in [5, 5.41) is 0. The number of benzene rings is 2. The fourth-order valence-corrected chi connectivity index (χ4v) is 3.19. The highest BCUT2D eigenvalue weighted by Gasteiger charge is 2.40. The monoisotopic (exact) mass is 349 g/mol. The van der Waals surface area contributed by atoms with Crippen LogP contribution in [0.15, 0.2) is 54.6 Å². The number of ether oxygens (including phenoxy) is 2. The normalized spacial score (nSPS) is 24.2. The molecule has 1 N–H and O–H groups in total. The maximum Gasteiger partial charge on any atom is 0.337 e. The second-order valence-corrected chi connectivity index (χ2v) is 6.93. The highest BCUT2D eigenvalue weighted by Crippen LogP contribution is 2.40. The Hall–Kier alpha value is -1.77. The molecule has 6 nitrogen and oxygen atoms in total. The third-order valence-electron chi connectivity index (χ3n) is 3.86. The minimum Gasteiger partial charge on any atom is -0.336 e. The molecule has 1 heterocycles. The van der Waals surface area contributed by atoms with E-state index < -0.39 is 28.9 Å². The zero-order chi connectivity index (χ0) is 17.2. The van der Waals surface area contributed by atoms with Gasteiger partial charge in [0.2, 0.25) is 0 Å². The minimum atomic E-state index is -3.92. The molecule has 2 aromatic rings. The van der Waals surface area contributed by atoms with Gasteiger partial charge < -0.3 is 9.47 Å². The Bertz CT molecular complexity index is 794. The summed E-state index contributed by atoms with van der Waals surface area (Å²) < 4.78 is 42.3. The van der Waals surface area contributed by atoms with E-state index in [9.17, 15) is 8.42 Å². The number of rotatable bonds is 5. The van der Waals surface area contributed by atoms with Crippen LogP contribution in [0.4, 0.5) is 0 Å². The number of hydrogen-bond donors (Lipinski definition) is 1. The molecule has 24 heavy (non-hydrogen) atoms. The maximum absolute atomic E-state index is 11.8. The van der Waals surface area contributed by atoms with Crippen molar-refractivity contribution in [1.82, 2.24) is 4.72 Å². The Morgan fingerprint density at radius 3 is 2.33 bits per heavy atom. The summed E-state index contributed by atoms with van der Waals surface area (Å²) in [4.78, 5) is 0. The van der Waals surface area contributed by atoms with Gasteiger partial charge in [-0.1, -0.05) is 54.6 Å². The van der Waals surface area contributed by atoms with Gasteiger partial charge in [0.15, 0.2) is 12.5 Å². The van der Waals surface area contributed by atoms with Gasteiger partial charge in [-0.05, 0) is 18.1 Å². The molecule has 1 aliphatic heterocycles. The van der Waals surface area contributed by atoms with Crippen LogP contribution in [0.3, 0.4) is 0 Å². The molecule has 1 unspecified atom stereocenters. The topological polar surface area (TPSA) is 73.9 Å². The van der Waals surface area contributed by atoms with Crippen LogP contribution in [-0.2, 0) is 24.0 Å². The van der Waals surface area contributed by atoms with Gasteiger partial charge in [-0.2, -0.15) is 13.1 Å². The fourth-order valence-electron chi connectivity index (χ4n) is 2.63. The molecule has 3 atom stereocenters. The minimum absolute atomic E-state index is 0.582. The lowest BCUT2D eigenvalue weighted by Crippen LogP contribution is -2.38. The average molecular weight is 349 g/mol. The molecule has 7 heteroatoms. The molecule has 0 aromatic heterocycles. The Kier molecular flexibility index (Phi) is 4.98. The summed E-state index contributed by atoms with van der Waals surface area (Å²) in [6, 6.07) is 17.0. The van der Waals surface area contributed by atoms with Crippen LogP contribution in [0.25, 0.3) is 0 Å². The van der Waals surface area contributed by atoms with Crippen molar-refractivity contribution in [2.75, 3.05) is 7.11 Å². The van der Waals surface area contributed by atoms with Crippen molar-refractivity contribution in [3.05, 3.63) is 71.3 Å². The second-order valence-electron chi connectivity index (χ2n) is 5.45. The smallest absolute Gasteiger partial charge is 0.336 e. The molecule has 128 valence electrons. The molecular formula is C17H19NO5S. The van der Waals surface area contributed by atoms with Gasteiger partial charge in [-0.15, -0.1) is 0 Å². The van der Waals surface area contributed by atoms with E-state index in [1.165, 1.54) is 0 Å². The molecule has 0 spiro atoms. The van der Waals surface area contributed by atoms with Crippen LogP contribution in [0.1, 0.15) is 29.1 Å². The van der Waals surface area contributed by atoms with Crippen molar-refractivity contribution in [1.29, 1.82) is 0 Å². The molecule has 0 amide bonds. The lowest BCUT2D eigenvalue weighted by atomic mass is 10.0. The molecule has 2 aromatic carbocycles. The van der Waals surface area contributed by atoms with E-state index in [2.05, 4.69) is 8.91 Å². The lowest BCUT2D eigenvalue weighted by Gasteiger charge is -2.19. The Morgan fingerprint density at radius 1 is 1.00 bits per heavy atom. The van der Waals surface area contributed by atoms with Gasteiger partial charge >= 0.3 is 10.3 Å². The van der Waals surface area contributed by atoms with Gasteiger partial charge in [0.05, 0.1) is 7.11 Å². The molecule has 1 fully saturated rings. The van der Waals surface area contributed by atoms with E-state index in [0.717, 1.165) is 23.8 Å². The van der Waals surface area contributed by atoms with E-state index >= 15 is 0 Å². The highest BCUT2D eigenvalue weighted by atomic mass is 32.2. The number of hydrogen-bond acceptors (Lipinski definition) is 5. The van der Waals surface area contributed by atoms with Gasteiger partial charge in [0, 0.05) is 5.56 Å². The summed E-state index contributed by atoms with van der Waals surface area (Å²) >= 11 is 0. The first-order chi connectivity index (χ1) is 11.5. The van der Waals surface area contributed by atoms with Crippen LogP contribution in [0.2, 0.25) is 0 Å². The van der Waals surface area contributed by atoms with E-state index in [0.29, 0.717) is 0 Å². The second kappa shape index (κ2) is 7.00. The molecule has 0 bridgehead atoms. The zero-order valence-corrected chi connectivity index (χ0v) is 14.2. The van der Waals surface area contributed by atoms with Crippen LogP contribution >= 0.6 is 0 Å². The summed E-state index contributed by atoms with van der Waals surface area (Å²) in [6.07, 6.45) is -2.14. The van der Waals surface area contributed by atoms with E-state index in [4.69, 9.17) is 9.47 Å².